The maximum absolute atomic E-state index is 5.62. The normalized spacial score (nSPS) is 15.1. The van der Waals surface area contributed by atoms with Crippen LogP contribution in [0.5, 0.6) is 0 Å². The van der Waals surface area contributed by atoms with Gasteiger partial charge in [-0.2, -0.15) is 0 Å². The number of rotatable bonds is 6. The Morgan fingerprint density at radius 3 is 2.74 bits per heavy atom. The standard InChI is InChI=1S/C20H30N6O/c1-4-21-20(24-14-19-25-15(2)16(3)27-19)23-13-17-8-9-22-18(12-17)26-10-6-5-7-11-26/h8-9,12H,4-7,10-11,13-14H2,1-3H3,(H2,21,23,24). The summed E-state index contributed by atoms with van der Waals surface area (Å²) < 4.78 is 5.62. The van der Waals surface area contributed by atoms with E-state index in [1.807, 2.05) is 26.1 Å². The molecule has 1 aliphatic rings. The van der Waals surface area contributed by atoms with E-state index < -0.39 is 0 Å². The maximum Gasteiger partial charge on any atom is 0.214 e. The lowest BCUT2D eigenvalue weighted by Gasteiger charge is -2.27. The first-order chi connectivity index (χ1) is 13.2. The minimum atomic E-state index is 0.510. The fourth-order valence-corrected chi connectivity index (χ4v) is 3.14. The van der Waals surface area contributed by atoms with Gasteiger partial charge in [0.1, 0.15) is 11.6 Å². The molecule has 3 heterocycles. The van der Waals surface area contributed by atoms with Gasteiger partial charge in [0, 0.05) is 25.8 Å². The van der Waals surface area contributed by atoms with Gasteiger partial charge in [-0.15, -0.1) is 0 Å². The van der Waals surface area contributed by atoms with E-state index in [1.165, 1.54) is 19.3 Å². The number of hydrogen-bond acceptors (Lipinski definition) is 5. The Hall–Kier alpha value is -2.57. The van der Waals surface area contributed by atoms with Gasteiger partial charge in [0.05, 0.1) is 18.8 Å². The monoisotopic (exact) mass is 370 g/mol. The van der Waals surface area contributed by atoms with E-state index >= 15 is 0 Å². The van der Waals surface area contributed by atoms with Crippen molar-refractivity contribution in [2.45, 2.75) is 53.1 Å². The Morgan fingerprint density at radius 1 is 1.22 bits per heavy atom. The van der Waals surface area contributed by atoms with Crippen LogP contribution in [0.15, 0.2) is 27.7 Å². The van der Waals surface area contributed by atoms with Crippen LogP contribution in [0.1, 0.15) is 49.1 Å². The van der Waals surface area contributed by atoms with Crippen molar-refractivity contribution in [1.82, 2.24) is 20.6 Å². The molecule has 0 radical (unpaired) electrons. The summed E-state index contributed by atoms with van der Waals surface area (Å²) >= 11 is 0. The Balaban J connectivity index is 1.62. The van der Waals surface area contributed by atoms with Crippen molar-refractivity contribution in [1.29, 1.82) is 0 Å². The van der Waals surface area contributed by atoms with Crippen LogP contribution in [0.3, 0.4) is 0 Å². The molecule has 1 saturated heterocycles. The van der Waals surface area contributed by atoms with Crippen LogP contribution >= 0.6 is 0 Å². The summed E-state index contributed by atoms with van der Waals surface area (Å²) in [5.41, 5.74) is 2.08. The summed E-state index contributed by atoms with van der Waals surface area (Å²) in [7, 11) is 0. The molecule has 0 atom stereocenters. The molecule has 0 bridgehead atoms. The molecule has 0 amide bonds. The van der Waals surface area contributed by atoms with Crippen LogP contribution in [0.25, 0.3) is 0 Å². The summed E-state index contributed by atoms with van der Waals surface area (Å²) in [4.78, 5) is 16.0. The van der Waals surface area contributed by atoms with Crippen molar-refractivity contribution >= 4 is 11.8 Å². The van der Waals surface area contributed by atoms with Gasteiger partial charge in [0.25, 0.3) is 0 Å². The number of oxazole rings is 1. The molecule has 0 saturated carbocycles. The molecule has 2 aromatic rings. The maximum atomic E-state index is 5.62. The van der Waals surface area contributed by atoms with Gasteiger partial charge < -0.3 is 20.0 Å². The van der Waals surface area contributed by atoms with Gasteiger partial charge in [0.15, 0.2) is 5.96 Å². The fourth-order valence-electron chi connectivity index (χ4n) is 3.14. The first-order valence-corrected chi connectivity index (χ1v) is 9.80. The van der Waals surface area contributed by atoms with E-state index in [9.17, 15) is 0 Å². The number of aromatic nitrogens is 2. The van der Waals surface area contributed by atoms with Crippen molar-refractivity contribution < 1.29 is 4.42 Å². The largest absolute Gasteiger partial charge is 0.444 e. The number of nitrogens with one attached hydrogen (secondary N) is 2. The van der Waals surface area contributed by atoms with E-state index in [0.717, 1.165) is 48.4 Å². The molecule has 27 heavy (non-hydrogen) atoms. The van der Waals surface area contributed by atoms with E-state index in [4.69, 9.17) is 9.41 Å². The lowest BCUT2D eigenvalue weighted by Crippen LogP contribution is -2.36. The van der Waals surface area contributed by atoms with E-state index in [0.29, 0.717) is 19.0 Å². The molecule has 0 unspecified atom stereocenters. The molecule has 0 aromatic carbocycles. The summed E-state index contributed by atoms with van der Waals surface area (Å²) in [6.07, 6.45) is 5.70. The fraction of sp³-hybridized carbons (Fsp3) is 0.550. The van der Waals surface area contributed by atoms with Gasteiger partial charge in [-0.25, -0.2) is 15.0 Å². The molecule has 146 valence electrons. The Bertz CT molecular complexity index is 744. The molecular formula is C20H30N6O. The predicted octanol–water partition coefficient (Wildman–Crippen LogP) is 2.93. The zero-order chi connectivity index (χ0) is 19.1. The number of piperidine rings is 1. The first kappa shape index (κ1) is 19.2. The molecule has 2 N–H and O–H groups in total. The lowest BCUT2D eigenvalue weighted by atomic mass is 10.1. The van der Waals surface area contributed by atoms with Crippen molar-refractivity contribution in [2.24, 2.45) is 4.99 Å². The smallest absolute Gasteiger partial charge is 0.214 e. The second-order valence-corrected chi connectivity index (χ2v) is 6.87. The summed E-state index contributed by atoms with van der Waals surface area (Å²) in [5.74, 6) is 3.34. The summed E-state index contributed by atoms with van der Waals surface area (Å²) in [6, 6.07) is 4.18. The van der Waals surface area contributed by atoms with E-state index in [2.05, 4.69) is 38.5 Å². The highest BCUT2D eigenvalue weighted by atomic mass is 16.4. The van der Waals surface area contributed by atoms with Crippen LogP contribution in [-0.4, -0.2) is 35.6 Å². The van der Waals surface area contributed by atoms with E-state index in [-0.39, 0.29) is 0 Å². The highest BCUT2D eigenvalue weighted by Crippen LogP contribution is 2.18. The Labute approximate surface area is 161 Å². The minimum absolute atomic E-state index is 0.510. The zero-order valence-corrected chi connectivity index (χ0v) is 16.6. The Kier molecular flexibility index (Phi) is 6.68. The van der Waals surface area contributed by atoms with Crippen molar-refractivity contribution in [3.8, 4) is 0 Å². The molecule has 3 rings (SSSR count). The average molecular weight is 371 g/mol. The van der Waals surface area contributed by atoms with Gasteiger partial charge in [-0.05, 0) is 57.7 Å². The summed E-state index contributed by atoms with van der Waals surface area (Å²) in [5, 5.41) is 6.55. The van der Waals surface area contributed by atoms with Gasteiger partial charge >= 0.3 is 0 Å². The molecule has 1 aliphatic heterocycles. The van der Waals surface area contributed by atoms with Crippen molar-refractivity contribution in [3.05, 3.63) is 41.2 Å². The van der Waals surface area contributed by atoms with Crippen LogP contribution in [0, 0.1) is 13.8 Å². The Morgan fingerprint density at radius 2 is 2.04 bits per heavy atom. The second kappa shape index (κ2) is 9.39. The third-order valence-electron chi connectivity index (χ3n) is 4.73. The average Bonchev–Trinajstić information content (AvgIpc) is 3.02. The SMILES string of the molecule is CCNC(=NCc1ccnc(N2CCCCC2)c1)NCc1nc(C)c(C)o1. The third-order valence-corrected chi connectivity index (χ3v) is 4.73. The minimum Gasteiger partial charge on any atom is -0.444 e. The number of aryl methyl sites for hydroxylation is 2. The lowest BCUT2D eigenvalue weighted by molar-refractivity contribution is 0.463. The number of guanidine groups is 1. The molecule has 7 heteroatoms. The number of aliphatic imine (C=N–C) groups is 1. The molecular weight excluding hydrogens is 340 g/mol. The summed E-state index contributed by atoms with van der Waals surface area (Å²) in [6.45, 7) is 10.0. The number of anilines is 1. The van der Waals surface area contributed by atoms with E-state index in [1.54, 1.807) is 0 Å². The second-order valence-electron chi connectivity index (χ2n) is 6.87. The highest BCUT2D eigenvalue weighted by Gasteiger charge is 2.12. The van der Waals surface area contributed by atoms with Crippen LogP contribution in [0.4, 0.5) is 5.82 Å². The van der Waals surface area contributed by atoms with Gasteiger partial charge in [0.2, 0.25) is 5.89 Å². The zero-order valence-electron chi connectivity index (χ0n) is 16.6. The van der Waals surface area contributed by atoms with Gasteiger partial charge in [-0.1, -0.05) is 0 Å². The molecule has 0 aliphatic carbocycles. The quantitative estimate of drug-likeness (QED) is 0.601. The molecule has 1 fully saturated rings. The van der Waals surface area contributed by atoms with Gasteiger partial charge in [-0.3, -0.25) is 0 Å². The van der Waals surface area contributed by atoms with Crippen molar-refractivity contribution in [3.63, 3.8) is 0 Å². The first-order valence-electron chi connectivity index (χ1n) is 9.80. The van der Waals surface area contributed by atoms with Crippen molar-refractivity contribution in [2.75, 3.05) is 24.5 Å². The van der Waals surface area contributed by atoms with Crippen LogP contribution < -0.4 is 15.5 Å². The predicted molar refractivity (Wildman–Crippen MR) is 108 cm³/mol. The van der Waals surface area contributed by atoms with Crippen LogP contribution in [0.2, 0.25) is 0 Å². The highest BCUT2D eigenvalue weighted by molar-refractivity contribution is 5.79. The van der Waals surface area contributed by atoms with Crippen LogP contribution in [-0.2, 0) is 13.1 Å². The number of nitrogens with zero attached hydrogens (tertiary/aromatic N) is 4. The topological polar surface area (TPSA) is 78.6 Å². The molecule has 7 nitrogen and oxygen atoms in total. The number of pyridine rings is 1. The third kappa shape index (κ3) is 5.45. The number of hydrogen-bond donors (Lipinski definition) is 2. The molecule has 0 spiro atoms. The molecule has 2 aromatic heterocycles.